The lowest BCUT2D eigenvalue weighted by Crippen LogP contribution is -2.28. The van der Waals surface area contributed by atoms with Crippen LogP contribution >= 0.6 is 0 Å². The Morgan fingerprint density at radius 3 is 2.21 bits per heavy atom. The third kappa shape index (κ3) is 10.1. The Balaban J connectivity index is 1.42. The fourth-order valence-corrected chi connectivity index (χ4v) is 9.16. The number of aromatic nitrogens is 3. The van der Waals surface area contributed by atoms with Crippen molar-refractivity contribution in [2.75, 3.05) is 23.7 Å². The van der Waals surface area contributed by atoms with Crippen LogP contribution in [-0.4, -0.2) is 84.3 Å². The average Bonchev–Trinajstić information content (AvgIpc) is 3.55. The molecule has 2 aliphatic rings. The number of nitrogens with one attached hydrogen (secondary N) is 1. The molecule has 19 heteroatoms. The first-order chi connectivity index (χ1) is 29.0. The molecule has 16 nitrogen and oxygen atoms in total. The van der Waals surface area contributed by atoms with Crippen molar-refractivity contribution in [1.82, 2.24) is 20.3 Å². The maximum absolute atomic E-state index is 13.2. The van der Waals surface area contributed by atoms with Gasteiger partial charge in [-0.2, -0.15) is 21.4 Å². The molecule has 0 saturated carbocycles. The number of unbranched alkanes of at least 4 members (excludes halogenated alkanes) is 1. The van der Waals surface area contributed by atoms with Crippen molar-refractivity contribution >= 4 is 58.8 Å². The molecule has 6 rings (SSSR count). The van der Waals surface area contributed by atoms with Crippen molar-refractivity contribution in [3.8, 4) is 0 Å². The van der Waals surface area contributed by atoms with Crippen LogP contribution in [0.1, 0.15) is 86.9 Å². The minimum absolute atomic E-state index is 0.0574. The third-order valence-corrected chi connectivity index (χ3v) is 13.6. The Bertz CT molecular complexity index is 2850. The van der Waals surface area contributed by atoms with Crippen LogP contribution in [0.2, 0.25) is 0 Å². The van der Waals surface area contributed by atoms with Crippen LogP contribution in [0.5, 0.6) is 0 Å². The largest absolute Gasteiger partial charge is 0.345 e. The Labute approximate surface area is 362 Å². The van der Waals surface area contributed by atoms with E-state index in [2.05, 4.69) is 58.8 Å². The van der Waals surface area contributed by atoms with E-state index in [9.17, 15) is 39.2 Å². The van der Waals surface area contributed by atoms with Gasteiger partial charge < -0.3 is 10.2 Å². The van der Waals surface area contributed by atoms with Crippen LogP contribution in [0.15, 0.2) is 113 Å². The number of pyridine rings is 1. The standard InChI is InChI=1S/C43H49N7O9S3/c1-6-7-21-49-36-12-9-8-11-33(36)42(2,3)38(49)19-14-29(35-17-13-30(25-45-35)41(51)48-28-40-46-26-32(27-47-40)61(44,55)56)15-20-39-43(4,5)34-24-31(62(57,58)59)16-18-37(34)50(39)22-10-23-60(52,53)54/h8-9,11-20,24-27H,6-7,10,21-23,28H2,1-5H3,(H4-,44,48,51,52,53,54,55,56,57,58,59)/p+1. The number of amides is 1. The molecule has 4 aromatic rings. The van der Waals surface area contributed by atoms with Gasteiger partial charge in [-0.05, 0) is 68.3 Å². The molecule has 0 bridgehead atoms. The molecule has 0 radical (unpaired) electrons. The summed E-state index contributed by atoms with van der Waals surface area (Å²) in [5, 5.41) is 7.83. The first-order valence-corrected chi connectivity index (χ1v) is 24.4. The molecular weight excluding hydrogens is 855 g/mol. The van der Waals surface area contributed by atoms with Crippen LogP contribution in [0, 0.1) is 0 Å². The normalized spacial score (nSPS) is 16.9. The minimum Gasteiger partial charge on any atom is -0.345 e. The molecule has 0 atom stereocenters. The number of hydrogen-bond donors (Lipinski definition) is 4. The molecule has 2 aliphatic heterocycles. The molecule has 1 amide bonds. The van der Waals surface area contributed by atoms with E-state index in [0.717, 1.165) is 43.2 Å². The first-order valence-electron chi connectivity index (χ1n) is 19.8. The van der Waals surface area contributed by atoms with E-state index in [1.165, 1.54) is 23.9 Å². The van der Waals surface area contributed by atoms with Crippen LogP contribution in [0.4, 0.5) is 11.4 Å². The summed E-state index contributed by atoms with van der Waals surface area (Å²) in [5.74, 6) is -0.805. The lowest BCUT2D eigenvalue weighted by atomic mass is 9.81. The zero-order chi connectivity index (χ0) is 45.3. The highest BCUT2D eigenvalue weighted by Crippen LogP contribution is 2.49. The van der Waals surface area contributed by atoms with E-state index < -0.39 is 47.3 Å². The number of para-hydroxylation sites is 1. The van der Waals surface area contributed by atoms with Gasteiger partial charge in [-0.1, -0.05) is 51.5 Å². The molecule has 62 heavy (non-hydrogen) atoms. The molecule has 0 spiro atoms. The number of sulfonamides is 1. The summed E-state index contributed by atoms with van der Waals surface area (Å²) in [6.45, 7) is 11.2. The second-order valence-electron chi connectivity index (χ2n) is 16.1. The predicted molar refractivity (Wildman–Crippen MR) is 236 cm³/mol. The molecular formula is C43H50N7O9S3+. The predicted octanol–water partition coefficient (Wildman–Crippen LogP) is 5.47. The van der Waals surface area contributed by atoms with Crippen molar-refractivity contribution in [3.63, 3.8) is 0 Å². The molecule has 0 unspecified atom stereocenters. The highest BCUT2D eigenvalue weighted by molar-refractivity contribution is 7.89. The number of rotatable bonds is 16. The second kappa shape index (κ2) is 17.7. The molecule has 0 fully saturated rings. The van der Waals surface area contributed by atoms with Gasteiger partial charge in [0.05, 0.1) is 46.3 Å². The Hall–Kier alpha value is -5.44. The number of fused-ring (bicyclic) bond motifs is 2. The van der Waals surface area contributed by atoms with Gasteiger partial charge in [0, 0.05) is 59.2 Å². The van der Waals surface area contributed by atoms with E-state index in [-0.39, 0.29) is 46.1 Å². The number of carbonyl (C=O) groups excluding carboxylic acids is 1. The van der Waals surface area contributed by atoms with Gasteiger partial charge in [-0.25, -0.2) is 23.5 Å². The SMILES string of the molecule is CCCC[N+]1=C(/C=C/C(=C/C=C2/N(CCCS(=O)(=O)O)c3ccc(S(=O)(=O)O)cc3C2(C)C)c2ccc(C(=O)NCc3ncc(S(N)(=O)=O)cn3)cn2)C(C)(C)c2ccccc21. The quantitative estimate of drug-likeness (QED) is 0.0620. The average molecular weight is 905 g/mol. The number of allylic oxidation sites excluding steroid dienone is 6. The molecule has 328 valence electrons. The zero-order valence-corrected chi connectivity index (χ0v) is 37.4. The Kier molecular flexibility index (Phi) is 13.2. The lowest BCUT2D eigenvalue weighted by molar-refractivity contribution is -0.438. The fraction of sp³-hybridized carbons (Fsp3) is 0.326. The summed E-state index contributed by atoms with van der Waals surface area (Å²) in [6, 6.07) is 15.9. The molecule has 2 aromatic heterocycles. The topological polar surface area (TPSA) is 243 Å². The van der Waals surface area contributed by atoms with E-state index in [1.807, 2.05) is 49.1 Å². The highest BCUT2D eigenvalue weighted by atomic mass is 32.2. The Morgan fingerprint density at radius 1 is 0.871 bits per heavy atom. The number of benzene rings is 2. The van der Waals surface area contributed by atoms with E-state index in [0.29, 0.717) is 28.2 Å². The molecule has 0 saturated heterocycles. The van der Waals surface area contributed by atoms with Crippen LogP contribution in [0.3, 0.4) is 0 Å². The number of anilines is 1. The summed E-state index contributed by atoms with van der Waals surface area (Å²) in [7, 11) is -12.8. The van der Waals surface area contributed by atoms with Crippen molar-refractivity contribution in [1.29, 1.82) is 0 Å². The number of nitrogens with zero attached hydrogens (tertiary/aromatic N) is 5. The number of primary sulfonamides is 1. The summed E-state index contributed by atoms with van der Waals surface area (Å²) in [5.41, 5.74) is 5.45. The maximum atomic E-state index is 13.2. The zero-order valence-electron chi connectivity index (χ0n) is 35.0. The van der Waals surface area contributed by atoms with Gasteiger partial charge in [0.15, 0.2) is 5.71 Å². The number of nitrogens with two attached hydrogens (primary N) is 1. The first kappa shape index (κ1) is 46.1. The van der Waals surface area contributed by atoms with E-state index >= 15 is 0 Å². The van der Waals surface area contributed by atoms with Crippen molar-refractivity contribution in [2.24, 2.45) is 5.14 Å². The number of carbonyl (C=O) groups is 1. The van der Waals surface area contributed by atoms with Gasteiger partial charge >= 0.3 is 0 Å². The number of hydrogen-bond acceptors (Lipinski definition) is 11. The summed E-state index contributed by atoms with van der Waals surface area (Å²) < 4.78 is 92.7. The van der Waals surface area contributed by atoms with Gasteiger partial charge in [0.2, 0.25) is 15.7 Å². The molecule has 0 aliphatic carbocycles. The molecule has 4 heterocycles. The maximum Gasteiger partial charge on any atom is 0.294 e. The van der Waals surface area contributed by atoms with Gasteiger partial charge in [-0.3, -0.25) is 18.9 Å². The van der Waals surface area contributed by atoms with E-state index in [4.69, 9.17) is 10.1 Å². The fourth-order valence-electron chi connectivity index (χ4n) is 7.76. The van der Waals surface area contributed by atoms with Crippen molar-refractivity contribution in [2.45, 2.75) is 81.0 Å². The van der Waals surface area contributed by atoms with Gasteiger partial charge in [0.1, 0.15) is 17.3 Å². The minimum atomic E-state index is -4.54. The molecule has 2 aromatic carbocycles. The smallest absolute Gasteiger partial charge is 0.294 e. The molecule has 5 N–H and O–H groups in total. The third-order valence-electron chi connectivity index (χ3n) is 11.1. The van der Waals surface area contributed by atoms with Crippen molar-refractivity contribution in [3.05, 3.63) is 131 Å². The van der Waals surface area contributed by atoms with E-state index in [1.54, 1.807) is 18.2 Å². The highest BCUT2D eigenvalue weighted by Gasteiger charge is 2.44. The van der Waals surface area contributed by atoms with Crippen LogP contribution in [-0.2, 0) is 47.6 Å². The lowest BCUT2D eigenvalue weighted by Gasteiger charge is -2.27. The summed E-state index contributed by atoms with van der Waals surface area (Å²) >= 11 is 0. The van der Waals surface area contributed by atoms with Crippen LogP contribution < -0.4 is 15.4 Å². The summed E-state index contributed by atoms with van der Waals surface area (Å²) in [4.78, 5) is 27.1. The summed E-state index contributed by atoms with van der Waals surface area (Å²) in [6.07, 6.45) is 13.3. The Morgan fingerprint density at radius 2 is 1.58 bits per heavy atom. The second-order valence-corrected chi connectivity index (χ2v) is 20.7. The van der Waals surface area contributed by atoms with Crippen LogP contribution in [0.25, 0.3) is 5.57 Å². The van der Waals surface area contributed by atoms with Gasteiger partial charge in [-0.15, -0.1) is 0 Å². The van der Waals surface area contributed by atoms with Gasteiger partial charge in [0.25, 0.3) is 26.1 Å². The van der Waals surface area contributed by atoms with Crippen molar-refractivity contribution < 1.29 is 43.7 Å². The monoisotopic (exact) mass is 904 g/mol.